The molecule has 4 rings (SSSR count). The maximum absolute atomic E-state index is 13.0. The van der Waals surface area contributed by atoms with E-state index in [0.29, 0.717) is 11.5 Å². The van der Waals surface area contributed by atoms with E-state index in [4.69, 9.17) is 14.2 Å². The predicted octanol–water partition coefficient (Wildman–Crippen LogP) is 5.58. The molecule has 6 heteroatoms. The summed E-state index contributed by atoms with van der Waals surface area (Å²) in [5, 5.41) is 0. The Kier molecular flexibility index (Phi) is 6.13. The molecule has 2 heterocycles. The molecule has 1 atom stereocenters. The average Bonchev–Trinajstić information content (AvgIpc) is 3.37. The lowest BCUT2D eigenvalue weighted by Crippen LogP contribution is -2.21. The summed E-state index contributed by atoms with van der Waals surface area (Å²) in [6, 6.07) is 15.9. The number of carbonyl (C=O) groups excluding carboxylic acids is 1. The van der Waals surface area contributed by atoms with Crippen LogP contribution in [0.25, 0.3) is 0 Å². The van der Waals surface area contributed by atoms with E-state index in [1.165, 1.54) is 5.56 Å². The van der Waals surface area contributed by atoms with E-state index in [9.17, 15) is 4.79 Å². The van der Waals surface area contributed by atoms with Gasteiger partial charge in [0.1, 0.15) is 6.61 Å². The monoisotopic (exact) mass is 469 g/mol. The van der Waals surface area contributed by atoms with Gasteiger partial charge in [0.25, 0.3) is 0 Å². The van der Waals surface area contributed by atoms with Crippen molar-refractivity contribution in [2.45, 2.75) is 32.8 Å². The fourth-order valence-electron chi connectivity index (χ4n) is 3.69. The summed E-state index contributed by atoms with van der Waals surface area (Å²) < 4.78 is 17.6. The Morgan fingerprint density at radius 3 is 2.63 bits per heavy atom. The first kappa shape index (κ1) is 20.5. The Bertz CT molecular complexity index is 1030. The first-order valence-electron chi connectivity index (χ1n) is 9.97. The van der Waals surface area contributed by atoms with Crippen LogP contribution in [0.1, 0.15) is 42.1 Å². The summed E-state index contributed by atoms with van der Waals surface area (Å²) in [6.45, 7) is 4.46. The molecule has 1 aliphatic rings. The number of fused-ring (bicyclic) bond motifs is 1. The van der Waals surface area contributed by atoms with Crippen LogP contribution < -0.4 is 9.47 Å². The minimum absolute atomic E-state index is 0.0868. The van der Waals surface area contributed by atoms with Gasteiger partial charge in [-0.05, 0) is 59.4 Å². The van der Waals surface area contributed by atoms with Crippen molar-refractivity contribution in [3.8, 4) is 11.5 Å². The molecule has 1 aliphatic heterocycles. The maximum atomic E-state index is 13.0. The smallest absolute Gasteiger partial charge is 0.314 e. The van der Waals surface area contributed by atoms with Crippen LogP contribution in [-0.2, 0) is 22.6 Å². The molecule has 0 amide bonds. The van der Waals surface area contributed by atoms with Gasteiger partial charge >= 0.3 is 5.97 Å². The molecular weight excluding hydrogens is 446 g/mol. The van der Waals surface area contributed by atoms with Gasteiger partial charge in [-0.2, -0.15) is 0 Å². The Labute approximate surface area is 184 Å². The lowest BCUT2D eigenvalue weighted by molar-refractivity contribution is -0.148. The molecule has 0 radical (unpaired) electrons. The molecule has 0 spiro atoms. The average molecular weight is 470 g/mol. The van der Waals surface area contributed by atoms with Crippen molar-refractivity contribution in [1.29, 1.82) is 0 Å². The van der Waals surface area contributed by atoms with Crippen molar-refractivity contribution in [3.05, 3.63) is 81.6 Å². The van der Waals surface area contributed by atoms with E-state index >= 15 is 0 Å². The first-order valence-corrected chi connectivity index (χ1v) is 10.8. The number of hydrogen-bond acceptors (Lipinski definition) is 4. The van der Waals surface area contributed by atoms with Crippen molar-refractivity contribution in [2.24, 2.45) is 5.92 Å². The number of rotatable bonds is 7. The number of ether oxygens (including phenoxy) is 3. The molecule has 0 saturated carbocycles. The van der Waals surface area contributed by atoms with Crippen molar-refractivity contribution in [1.82, 2.24) is 4.98 Å². The van der Waals surface area contributed by atoms with Crippen LogP contribution in [0.5, 0.6) is 11.5 Å². The quantitative estimate of drug-likeness (QED) is 0.458. The van der Waals surface area contributed by atoms with Gasteiger partial charge in [-0.3, -0.25) is 4.79 Å². The van der Waals surface area contributed by atoms with Gasteiger partial charge in [0.2, 0.25) is 6.79 Å². The Morgan fingerprint density at radius 2 is 1.87 bits per heavy atom. The molecule has 1 N–H and O–H groups in total. The van der Waals surface area contributed by atoms with E-state index in [0.717, 1.165) is 27.7 Å². The summed E-state index contributed by atoms with van der Waals surface area (Å²) in [4.78, 5) is 16.2. The van der Waals surface area contributed by atoms with Crippen molar-refractivity contribution in [2.75, 3.05) is 6.79 Å². The minimum Gasteiger partial charge on any atom is -0.459 e. The number of hydrogen-bond donors (Lipinski definition) is 1. The minimum atomic E-state index is -0.371. The third-order valence-corrected chi connectivity index (χ3v) is 5.80. The molecular formula is C24H24BrNO4. The number of benzene rings is 2. The number of aromatic amines is 1. The van der Waals surface area contributed by atoms with Crippen molar-refractivity contribution >= 4 is 21.9 Å². The van der Waals surface area contributed by atoms with Crippen molar-refractivity contribution < 1.29 is 19.0 Å². The summed E-state index contributed by atoms with van der Waals surface area (Å²) in [7, 11) is 0. The Balaban J connectivity index is 1.44. The highest BCUT2D eigenvalue weighted by atomic mass is 79.9. The third kappa shape index (κ3) is 4.54. The van der Waals surface area contributed by atoms with Crippen LogP contribution in [0.4, 0.5) is 0 Å². The number of esters is 1. The van der Waals surface area contributed by atoms with Crippen LogP contribution >= 0.6 is 15.9 Å². The first-order chi connectivity index (χ1) is 14.5. The number of carbonyl (C=O) groups is 1. The van der Waals surface area contributed by atoms with Gasteiger partial charge < -0.3 is 19.2 Å². The van der Waals surface area contributed by atoms with Crippen LogP contribution in [0.2, 0.25) is 0 Å². The van der Waals surface area contributed by atoms with Gasteiger partial charge in [0.15, 0.2) is 11.5 Å². The molecule has 0 saturated heterocycles. The highest BCUT2D eigenvalue weighted by molar-refractivity contribution is 9.10. The molecule has 1 aromatic heterocycles. The molecule has 3 aromatic rings. The molecule has 0 fully saturated rings. The predicted molar refractivity (Wildman–Crippen MR) is 118 cm³/mol. The zero-order chi connectivity index (χ0) is 21.1. The summed E-state index contributed by atoms with van der Waals surface area (Å²) in [5.74, 6) is 0.854. The maximum Gasteiger partial charge on any atom is 0.314 e. The van der Waals surface area contributed by atoms with E-state index in [1.807, 2.05) is 56.4 Å². The zero-order valence-corrected chi connectivity index (χ0v) is 18.6. The van der Waals surface area contributed by atoms with Gasteiger partial charge in [0.05, 0.1) is 11.6 Å². The summed E-state index contributed by atoms with van der Waals surface area (Å²) in [6.07, 6.45) is 2.66. The fourth-order valence-corrected chi connectivity index (χ4v) is 3.96. The lowest BCUT2D eigenvalue weighted by atomic mass is 9.88. The summed E-state index contributed by atoms with van der Waals surface area (Å²) in [5.41, 5.74) is 4.11. The van der Waals surface area contributed by atoms with E-state index < -0.39 is 0 Å². The standard InChI is InChI=1S/C24H24BrNO4/c1-15(2)23(18-5-8-21-22(12-18)30-14-29-21)24(27)28-13-20-17(9-10-26-20)11-16-3-6-19(25)7-4-16/h3-10,12,15,23,26H,11,13-14H2,1-2H3. The second-order valence-electron chi connectivity index (χ2n) is 7.73. The van der Waals surface area contributed by atoms with Crippen molar-refractivity contribution in [3.63, 3.8) is 0 Å². The second-order valence-corrected chi connectivity index (χ2v) is 8.64. The molecule has 30 heavy (non-hydrogen) atoms. The van der Waals surface area contributed by atoms with Crippen LogP contribution in [-0.4, -0.2) is 17.7 Å². The highest BCUT2D eigenvalue weighted by Gasteiger charge is 2.28. The number of aromatic nitrogens is 1. The highest BCUT2D eigenvalue weighted by Crippen LogP contribution is 2.37. The Morgan fingerprint density at radius 1 is 1.10 bits per heavy atom. The fraction of sp³-hybridized carbons (Fsp3) is 0.292. The van der Waals surface area contributed by atoms with Crippen LogP contribution in [0, 0.1) is 5.92 Å². The number of H-pyrrole nitrogens is 1. The zero-order valence-electron chi connectivity index (χ0n) is 17.0. The van der Waals surface area contributed by atoms with Gasteiger partial charge in [0, 0.05) is 10.7 Å². The van der Waals surface area contributed by atoms with Crippen LogP contribution in [0.3, 0.4) is 0 Å². The molecule has 2 aromatic carbocycles. The molecule has 1 unspecified atom stereocenters. The van der Waals surface area contributed by atoms with E-state index in [1.54, 1.807) is 0 Å². The third-order valence-electron chi connectivity index (χ3n) is 5.27. The largest absolute Gasteiger partial charge is 0.459 e. The SMILES string of the molecule is CC(C)C(C(=O)OCc1[nH]ccc1Cc1ccc(Br)cc1)c1ccc2c(c1)OCO2. The molecule has 0 bridgehead atoms. The van der Waals surface area contributed by atoms with Gasteiger partial charge in [-0.1, -0.05) is 48.0 Å². The number of halogens is 1. The molecule has 0 aliphatic carbocycles. The molecule has 156 valence electrons. The normalized spacial score (nSPS) is 13.5. The summed E-state index contributed by atoms with van der Waals surface area (Å²) >= 11 is 3.46. The van der Waals surface area contributed by atoms with E-state index in [2.05, 4.69) is 33.0 Å². The second kappa shape index (κ2) is 8.96. The lowest BCUT2D eigenvalue weighted by Gasteiger charge is -2.20. The molecule has 5 nitrogen and oxygen atoms in total. The van der Waals surface area contributed by atoms with Gasteiger partial charge in [-0.15, -0.1) is 0 Å². The topological polar surface area (TPSA) is 60.6 Å². The Hall–Kier alpha value is -2.73. The van der Waals surface area contributed by atoms with Gasteiger partial charge in [-0.25, -0.2) is 0 Å². The van der Waals surface area contributed by atoms with Crippen LogP contribution in [0.15, 0.2) is 59.2 Å². The van der Waals surface area contributed by atoms with E-state index in [-0.39, 0.29) is 31.2 Å². The number of nitrogens with one attached hydrogen (secondary N) is 1.